The lowest BCUT2D eigenvalue weighted by Gasteiger charge is -2.43. The van der Waals surface area contributed by atoms with Gasteiger partial charge < -0.3 is 0 Å². The van der Waals surface area contributed by atoms with Gasteiger partial charge in [-0.3, -0.25) is 4.84 Å². The molecule has 18 heavy (non-hydrogen) atoms. The van der Waals surface area contributed by atoms with E-state index >= 15 is 0 Å². The number of hydroxylamine groups is 1. The van der Waals surface area contributed by atoms with E-state index in [-0.39, 0.29) is 17.1 Å². The van der Waals surface area contributed by atoms with Crippen molar-refractivity contribution >= 4 is 0 Å². The van der Waals surface area contributed by atoms with Gasteiger partial charge >= 0.3 is 0 Å². The average Bonchev–Trinajstić information content (AvgIpc) is 2.28. The Morgan fingerprint density at radius 2 is 1.89 bits per heavy atom. The Labute approximate surface area is 109 Å². The van der Waals surface area contributed by atoms with Crippen molar-refractivity contribution in [1.29, 1.82) is 5.26 Å². The summed E-state index contributed by atoms with van der Waals surface area (Å²) in [7, 11) is 0. The van der Waals surface area contributed by atoms with Crippen molar-refractivity contribution in [1.82, 2.24) is 5.48 Å². The van der Waals surface area contributed by atoms with Crippen LogP contribution in [0.15, 0.2) is 30.3 Å². The second-order valence-corrected chi connectivity index (χ2v) is 6.00. The standard InChI is InChI=1S/C15H20N2O/c1-14(2,3)18-17-13-9-15(10-13,11-16)12-7-5-4-6-8-12/h4-8,13,17H,9-10H2,1-3H3. The fraction of sp³-hybridized carbons (Fsp3) is 0.533. The lowest BCUT2D eigenvalue weighted by atomic mass is 9.63. The van der Waals surface area contributed by atoms with Crippen molar-refractivity contribution < 1.29 is 4.84 Å². The van der Waals surface area contributed by atoms with E-state index in [1.165, 1.54) is 0 Å². The molecule has 1 aromatic rings. The minimum atomic E-state index is -0.333. The summed E-state index contributed by atoms with van der Waals surface area (Å²) in [6.45, 7) is 6.02. The van der Waals surface area contributed by atoms with E-state index < -0.39 is 0 Å². The molecule has 0 saturated heterocycles. The van der Waals surface area contributed by atoms with Crippen LogP contribution in [0, 0.1) is 11.3 Å². The summed E-state index contributed by atoms with van der Waals surface area (Å²) in [6, 6.07) is 12.7. The number of hydrogen-bond acceptors (Lipinski definition) is 3. The summed E-state index contributed by atoms with van der Waals surface area (Å²) < 4.78 is 0. The highest BCUT2D eigenvalue weighted by Gasteiger charge is 2.46. The number of benzene rings is 1. The monoisotopic (exact) mass is 244 g/mol. The zero-order valence-corrected chi connectivity index (χ0v) is 11.2. The molecule has 1 saturated carbocycles. The maximum atomic E-state index is 9.42. The fourth-order valence-corrected chi connectivity index (χ4v) is 2.27. The highest BCUT2D eigenvalue weighted by Crippen LogP contribution is 2.43. The molecule has 0 spiro atoms. The summed E-state index contributed by atoms with van der Waals surface area (Å²) in [6.07, 6.45) is 1.62. The first-order chi connectivity index (χ1) is 8.45. The van der Waals surface area contributed by atoms with Gasteiger partial charge in [-0.05, 0) is 39.2 Å². The van der Waals surface area contributed by atoms with Crippen molar-refractivity contribution in [3.63, 3.8) is 0 Å². The first-order valence-corrected chi connectivity index (χ1v) is 6.35. The van der Waals surface area contributed by atoms with Crippen LogP contribution in [0.2, 0.25) is 0 Å². The SMILES string of the molecule is CC(C)(C)ONC1CC(C#N)(c2ccccc2)C1. The van der Waals surface area contributed by atoms with Gasteiger partial charge in [-0.25, -0.2) is 0 Å². The molecular weight excluding hydrogens is 224 g/mol. The van der Waals surface area contributed by atoms with E-state index in [1.54, 1.807) is 0 Å². The molecule has 0 bridgehead atoms. The summed E-state index contributed by atoms with van der Waals surface area (Å²) in [4.78, 5) is 5.55. The second kappa shape index (κ2) is 4.72. The number of nitriles is 1. The summed E-state index contributed by atoms with van der Waals surface area (Å²) in [5.41, 5.74) is 3.65. The van der Waals surface area contributed by atoms with Gasteiger partial charge in [0.2, 0.25) is 0 Å². The molecule has 3 nitrogen and oxygen atoms in total. The van der Waals surface area contributed by atoms with Crippen LogP contribution in [0.5, 0.6) is 0 Å². The van der Waals surface area contributed by atoms with Gasteiger partial charge in [-0.15, -0.1) is 0 Å². The van der Waals surface area contributed by atoms with Gasteiger partial charge in [0.1, 0.15) is 0 Å². The third kappa shape index (κ3) is 2.72. The van der Waals surface area contributed by atoms with Crippen LogP contribution in [0.25, 0.3) is 0 Å². The normalized spacial score (nSPS) is 27.3. The van der Waals surface area contributed by atoms with Crippen LogP contribution < -0.4 is 5.48 Å². The zero-order chi connectivity index (χ0) is 13.2. The number of nitrogens with one attached hydrogen (secondary N) is 1. The van der Waals surface area contributed by atoms with Crippen LogP contribution in [0.4, 0.5) is 0 Å². The predicted octanol–water partition coefficient (Wildman–Crippen LogP) is 2.93. The predicted molar refractivity (Wildman–Crippen MR) is 70.7 cm³/mol. The maximum Gasteiger partial charge on any atom is 0.0853 e. The Morgan fingerprint density at radius 3 is 2.39 bits per heavy atom. The van der Waals surface area contributed by atoms with Gasteiger partial charge in [0.25, 0.3) is 0 Å². The lowest BCUT2D eigenvalue weighted by Crippen LogP contribution is -2.52. The van der Waals surface area contributed by atoms with Gasteiger partial charge in [0.05, 0.1) is 17.1 Å². The average molecular weight is 244 g/mol. The smallest absolute Gasteiger partial charge is 0.0853 e. The van der Waals surface area contributed by atoms with Crippen molar-refractivity contribution in [3.8, 4) is 6.07 Å². The molecule has 1 aliphatic carbocycles. The summed E-state index contributed by atoms with van der Waals surface area (Å²) in [5.74, 6) is 0. The molecule has 0 radical (unpaired) electrons. The van der Waals surface area contributed by atoms with Crippen molar-refractivity contribution in [2.75, 3.05) is 0 Å². The van der Waals surface area contributed by atoms with Crippen molar-refractivity contribution in [3.05, 3.63) is 35.9 Å². The minimum Gasteiger partial charge on any atom is -0.296 e. The highest BCUT2D eigenvalue weighted by molar-refractivity contribution is 5.36. The highest BCUT2D eigenvalue weighted by atomic mass is 16.7. The molecule has 0 atom stereocenters. The van der Waals surface area contributed by atoms with Crippen molar-refractivity contribution in [2.45, 2.75) is 50.7 Å². The topological polar surface area (TPSA) is 45.0 Å². The van der Waals surface area contributed by atoms with E-state index in [2.05, 4.69) is 11.5 Å². The molecule has 2 rings (SSSR count). The molecule has 0 aliphatic heterocycles. The number of nitrogens with zero attached hydrogens (tertiary/aromatic N) is 1. The Hall–Kier alpha value is -1.37. The molecule has 0 amide bonds. The van der Waals surface area contributed by atoms with E-state index in [0.717, 1.165) is 18.4 Å². The molecule has 96 valence electrons. The van der Waals surface area contributed by atoms with Gasteiger partial charge in [-0.2, -0.15) is 10.7 Å². The Kier molecular flexibility index (Phi) is 3.43. The summed E-state index contributed by atoms with van der Waals surface area (Å²) in [5, 5.41) is 9.42. The molecule has 0 heterocycles. The van der Waals surface area contributed by atoms with Crippen molar-refractivity contribution in [2.24, 2.45) is 0 Å². The third-order valence-corrected chi connectivity index (χ3v) is 3.26. The van der Waals surface area contributed by atoms with Gasteiger partial charge in [-0.1, -0.05) is 30.3 Å². The molecule has 1 aromatic carbocycles. The molecule has 0 aromatic heterocycles. The molecule has 1 aliphatic rings. The van der Waals surface area contributed by atoms with Gasteiger partial charge in [0, 0.05) is 6.04 Å². The molecule has 1 fully saturated rings. The fourth-order valence-electron chi connectivity index (χ4n) is 2.27. The maximum absolute atomic E-state index is 9.42. The first-order valence-electron chi connectivity index (χ1n) is 6.35. The quantitative estimate of drug-likeness (QED) is 0.831. The Bertz CT molecular complexity index is 436. The van der Waals surface area contributed by atoms with Crippen LogP contribution in [-0.2, 0) is 10.3 Å². The van der Waals surface area contributed by atoms with Crippen LogP contribution in [0.3, 0.4) is 0 Å². The summed E-state index contributed by atoms with van der Waals surface area (Å²) >= 11 is 0. The van der Waals surface area contributed by atoms with E-state index in [0.29, 0.717) is 0 Å². The lowest BCUT2D eigenvalue weighted by molar-refractivity contribution is -0.106. The second-order valence-electron chi connectivity index (χ2n) is 6.00. The van der Waals surface area contributed by atoms with E-state index in [1.807, 2.05) is 51.1 Å². The number of rotatable bonds is 3. The minimum absolute atomic E-state index is 0.197. The van der Waals surface area contributed by atoms with Gasteiger partial charge in [0.15, 0.2) is 0 Å². The third-order valence-electron chi connectivity index (χ3n) is 3.26. The zero-order valence-electron chi connectivity index (χ0n) is 11.2. The van der Waals surface area contributed by atoms with Crippen LogP contribution in [-0.4, -0.2) is 11.6 Å². The first kappa shape index (κ1) is 13.1. The Morgan fingerprint density at radius 1 is 1.28 bits per heavy atom. The van der Waals surface area contributed by atoms with Crippen LogP contribution in [0.1, 0.15) is 39.2 Å². The molecule has 1 N–H and O–H groups in total. The molecule has 0 unspecified atom stereocenters. The largest absolute Gasteiger partial charge is 0.296 e. The molecule has 3 heteroatoms. The van der Waals surface area contributed by atoms with E-state index in [9.17, 15) is 5.26 Å². The molecular formula is C15H20N2O. The van der Waals surface area contributed by atoms with E-state index in [4.69, 9.17) is 4.84 Å². The Balaban J connectivity index is 1.95. The number of hydrogen-bond donors (Lipinski definition) is 1. The van der Waals surface area contributed by atoms with Crippen LogP contribution >= 0.6 is 0 Å².